The summed E-state index contributed by atoms with van der Waals surface area (Å²) in [5.74, 6) is 0.790. The largest absolute Gasteiger partial charge is 0.495 e. The molecule has 3 heteroatoms. The summed E-state index contributed by atoms with van der Waals surface area (Å²) in [6, 6.07) is 16.6. The lowest BCUT2D eigenvalue weighted by Gasteiger charge is -2.51. The summed E-state index contributed by atoms with van der Waals surface area (Å²) in [5, 5.41) is 0. The molecule has 1 unspecified atom stereocenters. The van der Waals surface area contributed by atoms with Crippen molar-refractivity contribution in [3.63, 3.8) is 0 Å². The summed E-state index contributed by atoms with van der Waals surface area (Å²) in [5.41, 5.74) is 2.81. The quantitative estimate of drug-likeness (QED) is 0.812. The van der Waals surface area contributed by atoms with Crippen LogP contribution in [0.25, 0.3) is 0 Å². The van der Waals surface area contributed by atoms with E-state index in [1.807, 2.05) is 23.1 Å². The van der Waals surface area contributed by atoms with Crippen LogP contribution in [0.3, 0.4) is 0 Å². The first-order chi connectivity index (χ1) is 11.3. The predicted octanol–water partition coefficient (Wildman–Crippen LogP) is 4.54. The van der Waals surface area contributed by atoms with E-state index in [1.165, 1.54) is 5.56 Å². The monoisotopic (exact) mass is 323 g/mol. The van der Waals surface area contributed by atoms with Gasteiger partial charge in [0, 0.05) is 17.9 Å². The molecule has 1 atom stereocenters. The molecule has 2 aromatic rings. The third kappa shape index (κ3) is 2.39. The van der Waals surface area contributed by atoms with Gasteiger partial charge in [0.05, 0.1) is 12.8 Å². The number of nitrogens with zero attached hydrogens (tertiary/aromatic N) is 1. The molecule has 126 valence electrons. The van der Waals surface area contributed by atoms with Crippen molar-refractivity contribution in [3.8, 4) is 5.75 Å². The lowest BCUT2D eigenvalue weighted by molar-refractivity contribution is -0.117. The fraction of sp³-hybridized carbons (Fsp3) is 0.381. The third-order valence-electron chi connectivity index (χ3n) is 5.15. The Morgan fingerprint density at radius 2 is 1.71 bits per heavy atom. The molecule has 1 heterocycles. The summed E-state index contributed by atoms with van der Waals surface area (Å²) in [6.07, 6.45) is 0.851. The maximum atomic E-state index is 12.5. The van der Waals surface area contributed by atoms with E-state index in [4.69, 9.17) is 4.74 Å². The Morgan fingerprint density at radius 3 is 2.29 bits per heavy atom. The Labute approximate surface area is 144 Å². The fourth-order valence-corrected chi connectivity index (χ4v) is 4.35. The van der Waals surface area contributed by atoms with E-state index < -0.39 is 0 Å². The van der Waals surface area contributed by atoms with Crippen LogP contribution in [0.4, 0.5) is 5.69 Å². The zero-order valence-electron chi connectivity index (χ0n) is 15.1. The maximum absolute atomic E-state index is 12.5. The van der Waals surface area contributed by atoms with E-state index >= 15 is 0 Å². The van der Waals surface area contributed by atoms with Crippen LogP contribution in [0.15, 0.2) is 48.5 Å². The van der Waals surface area contributed by atoms with Gasteiger partial charge in [-0.15, -0.1) is 0 Å². The van der Waals surface area contributed by atoms with E-state index in [0.717, 1.165) is 23.4 Å². The molecule has 0 saturated carbocycles. The molecule has 0 spiro atoms. The van der Waals surface area contributed by atoms with Crippen LogP contribution >= 0.6 is 0 Å². The van der Waals surface area contributed by atoms with Gasteiger partial charge in [0.15, 0.2) is 0 Å². The zero-order valence-corrected chi connectivity index (χ0v) is 15.1. The second-order valence-electron chi connectivity index (χ2n) is 7.40. The molecule has 0 fully saturated rings. The Balaban J connectivity index is 2.34. The molecule has 3 nitrogen and oxygen atoms in total. The lowest BCUT2D eigenvalue weighted by atomic mass is 9.65. The lowest BCUT2D eigenvalue weighted by Crippen LogP contribution is -2.55. The van der Waals surface area contributed by atoms with Crippen molar-refractivity contribution in [1.82, 2.24) is 0 Å². The van der Waals surface area contributed by atoms with Crippen LogP contribution in [0.1, 0.15) is 45.2 Å². The minimum atomic E-state index is -0.307. The molecule has 1 amide bonds. The molecule has 2 aromatic carbocycles. The van der Waals surface area contributed by atoms with Gasteiger partial charge >= 0.3 is 0 Å². The number of benzene rings is 2. The van der Waals surface area contributed by atoms with Crippen molar-refractivity contribution in [2.24, 2.45) is 0 Å². The van der Waals surface area contributed by atoms with Crippen molar-refractivity contribution in [2.45, 2.75) is 45.1 Å². The maximum Gasteiger partial charge on any atom is 0.224 e. The number of methoxy groups -OCH3 is 1. The average molecular weight is 323 g/mol. The number of carbonyl (C=O) groups is 1. The molecule has 24 heavy (non-hydrogen) atoms. The highest BCUT2D eigenvalue weighted by molar-refractivity contribution is 5.97. The van der Waals surface area contributed by atoms with Crippen LogP contribution in [-0.4, -0.2) is 18.6 Å². The second kappa shape index (κ2) is 5.66. The molecule has 0 aliphatic carbocycles. The Morgan fingerprint density at radius 1 is 1.04 bits per heavy atom. The fourth-order valence-electron chi connectivity index (χ4n) is 4.35. The molecule has 3 rings (SSSR count). The highest BCUT2D eigenvalue weighted by Crippen LogP contribution is 2.53. The second-order valence-corrected chi connectivity index (χ2v) is 7.40. The van der Waals surface area contributed by atoms with E-state index in [0.29, 0.717) is 0 Å². The van der Waals surface area contributed by atoms with Crippen LogP contribution < -0.4 is 9.64 Å². The minimum Gasteiger partial charge on any atom is -0.495 e. The summed E-state index contributed by atoms with van der Waals surface area (Å²) in [6.45, 7) is 8.15. The summed E-state index contributed by atoms with van der Waals surface area (Å²) >= 11 is 0. The number of rotatable bonds is 2. The smallest absolute Gasteiger partial charge is 0.224 e. The van der Waals surface area contributed by atoms with Crippen LogP contribution in [0.5, 0.6) is 5.75 Å². The standard InChI is InChI=1S/C21H25NO2/c1-15(23)22-19-17(12-9-13-18(19)24-5)21(4,14-20(22,2)3)16-10-7-6-8-11-16/h6-13H,14H2,1-5H3. The van der Waals surface area contributed by atoms with Crippen LogP contribution in [0.2, 0.25) is 0 Å². The molecular formula is C21H25NO2. The van der Waals surface area contributed by atoms with Gasteiger partial charge in [0.1, 0.15) is 5.75 Å². The number of fused-ring (bicyclic) bond motifs is 1. The predicted molar refractivity (Wildman–Crippen MR) is 97.7 cm³/mol. The van der Waals surface area contributed by atoms with Gasteiger partial charge in [-0.2, -0.15) is 0 Å². The Kier molecular flexibility index (Phi) is 3.90. The highest BCUT2D eigenvalue weighted by atomic mass is 16.5. The number of para-hydroxylation sites is 1. The first kappa shape index (κ1) is 16.6. The van der Waals surface area contributed by atoms with Gasteiger partial charge in [0.25, 0.3) is 0 Å². The van der Waals surface area contributed by atoms with Crippen molar-refractivity contribution >= 4 is 11.6 Å². The molecule has 1 aliphatic rings. The van der Waals surface area contributed by atoms with E-state index in [-0.39, 0.29) is 16.9 Å². The van der Waals surface area contributed by atoms with Gasteiger partial charge in [-0.05, 0) is 37.5 Å². The van der Waals surface area contributed by atoms with Crippen molar-refractivity contribution < 1.29 is 9.53 Å². The Bertz CT molecular complexity index is 767. The highest BCUT2D eigenvalue weighted by Gasteiger charge is 2.48. The average Bonchev–Trinajstić information content (AvgIpc) is 2.54. The van der Waals surface area contributed by atoms with Gasteiger partial charge in [-0.1, -0.05) is 49.4 Å². The minimum absolute atomic E-state index is 0.0425. The summed E-state index contributed by atoms with van der Waals surface area (Å²) in [4.78, 5) is 14.4. The zero-order chi connectivity index (χ0) is 17.5. The number of hydrogen-bond acceptors (Lipinski definition) is 2. The number of anilines is 1. The normalized spacial score (nSPS) is 22.0. The molecule has 0 N–H and O–H groups in total. The number of hydrogen-bond donors (Lipinski definition) is 0. The molecule has 1 aliphatic heterocycles. The molecule has 0 bridgehead atoms. The van der Waals surface area contributed by atoms with E-state index in [2.05, 4.69) is 51.1 Å². The van der Waals surface area contributed by atoms with Crippen molar-refractivity contribution in [3.05, 3.63) is 59.7 Å². The Hall–Kier alpha value is -2.29. The number of ether oxygens (including phenoxy) is 1. The number of carbonyl (C=O) groups excluding carboxylic acids is 1. The SMILES string of the molecule is COc1cccc2c1N(C(C)=O)C(C)(C)CC2(C)c1ccccc1. The topological polar surface area (TPSA) is 29.5 Å². The van der Waals surface area contributed by atoms with Gasteiger partial charge < -0.3 is 9.64 Å². The van der Waals surface area contributed by atoms with Gasteiger partial charge in [-0.25, -0.2) is 0 Å². The van der Waals surface area contributed by atoms with E-state index in [1.54, 1.807) is 14.0 Å². The number of amides is 1. The van der Waals surface area contributed by atoms with Crippen molar-refractivity contribution in [1.29, 1.82) is 0 Å². The molecule has 0 radical (unpaired) electrons. The van der Waals surface area contributed by atoms with Crippen molar-refractivity contribution in [2.75, 3.05) is 12.0 Å². The molecular weight excluding hydrogens is 298 g/mol. The molecule has 0 aromatic heterocycles. The van der Waals surface area contributed by atoms with Crippen LogP contribution in [0, 0.1) is 0 Å². The summed E-state index contributed by atoms with van der Waals surface area (Å²) in [7, 11) is 1.66. The van der Waals surface area contributed by atoms with Gasteiger partial charge in [0.2, 0.25) is 5.91 Å². The van der Waals surface area contributed by atoms with Crippen LogP contribution in [-0.2, 0) is 10.2 Å². The van der Waals surface area contributed by atoms with Gasteiger partial charge in [-0.3, -0.25) is 4.79 Å². The third-order valence-corrected chi connectivity index (χ3v) is 5.15. The van der Waals surface area contributed by atoms with E-state index in [9.17, 15) is 4.79 Å². The first-order valence-corrected chi connectivity index (χ1v) is 8.35. The summed E-state index contributed by atoms with van der Waals surface area (Å²) < 4.78 is 5.62. The first-order valence-electron chi connectivity index (χ1n) is 8.35. The molecule has 0 saturated heterocycles.